The molecule has 0 unspecified atom stereocenters. The summed E-state index contributed by atoms with van der Waals surface area (Å²) < 4.78 is 27.4. The zero-order valence-electron chi connectivity index (χ0n) is 8.62. The molecule has 5 nitrogen and oxygen atoms in total. The highest BCUT2D eigenvalue weighted by atomic mass is 32.2. The van der Waals surface area contributed by atoms with Gasteiger partial charge >= 0.3 is 0 Å². The molecule has 1 rings (SSSR count). The summed E-state index contributed by atoms with van der Waals surface area (Å²) in [4.78, 5) is 0. The van der Waals surface area contributed by atoms with Crippen molar-refractivity contribution in [3.8, 4) is 0 Å². The molecule has 1 aliphatic heterocycles. The monoisotopic (exact) mass is 221 g/mol. The average molecular weight is 221 g/mol. The second-order valence-corrected chi connectivity index (χ2v) is 5.22. The van der Waals surface area contributed by atoms with Crippen molar-refractivity contribution in [3.63, 3.8) is 0 Å². The van der Waals surface area contributed by atoms with Gasteiger partial charge in [-0.05, 0) is 19.9 Å². The van der Waals surface area contributed by atoms with Crippen molar-refractivity contribution in [2.45, 2.75) is 19.3 Å². The first-order valence-electron chi connectivity index (χ1n) is 5.06. The first-order chi connectivity index (χ1) is 6.67. The second-order valence-electron chi connectivity index (χ2n) is 3.46. The zero-order valence-corrected chi connectivity index (χ0v) is 9.44. The smallest absolute Gasteiger partial charge is 0.279 e. The van der Waals surface area contributed by atoms with Crippen LogP contribution >= 0.6 is 0 Å². The quantitative estimate of drug-likeness (QED) is 0.617. The zero-order chi connectivity index (χ0) is 10.4. The van der Waals surface area contributed by atoms with Gasteiger partial charge in [0, 0.05) is 26.2 Å². The van der Waals surface area contributed by atoms with Gasteiger partial charge in [-0.2, -0.15) is 12.7 Å². The summed E-state index contributed by atoms with van der Waals surface area (Å²) in [6.07, 6.45) is 3.10. The SMILES string of the molecule is CNCCNS(=O)(=O)N1CCCCC1. The molecule has 14 heavy (non-hydrogen) atoms. The van der Waals surface area contributed by atoms with Crippen molar-refractivity contribution < 1.29 is 8.42 Å². The lowest BCUT2D eigenvalue weighted by molar-refractivity contribution is 0.342. The first-order valence-corrected chi connectivity index (χ1v) is 6.50. The summed E-state index contributed by atoms with van der Waals surface area (Å²) in [5.74, 6) is 0. The lowest BCUT2D eigenvalue weighted by Crippen LogP contribution is -2.44. The third kappa shape index (κ3) is 3.53. The van der Waals surface area contributed by atoms with E-state index in [1.54, 1.807) is 7.05 Å². The van der Waals surface area contributed by atoms with Crippen LogP contribution in [0.3, 0.4) is 0 Å². The number of nitrogens with zero attached hydrogens (tertiary/aromatic N) is 1. The van der Waals surface area contributed by atoms with Crippen LogP contribution in [0.25, 0.3) is 0 Å². The third-order valence-corrected chi connectivity index (χ3v) is 3.93. The van der Waals surface area contributed by atoms with E-state index in [4.69, 9.17) is 0 Å². The van der Waals surface area contributed by atoms with Crippen molar-refractivity contribution in [1.29, 1.82) is 0 Å². The van der Waals surface area contributed by atoms with Gasteiger partial charge in [-0.1, -0.05) is 6.42 Å². The van der Waals surface area contributed by atoms with Crippen LogP contribution in [0.4, 0.5) is 0 Å². The Hall–Kier alpha value is -0.170. The molecular weight excluding hydrogens is 202 g/mol. The largest absolute Gasteiger partial charge is 0.318 e. The maximum absolute atomic E-state index is 11.6. The number of piperidine rings is 1. The number of nitrogens with one attached hydrogen (secondary N) is 2. The molecule has 84 valence electrons. The maximum atomic E-state index is 11.6. The molecule has 0 aliphatic carbocycles. The Morgan fingerprint density at radius 3 is 2.36 bits per heavy atom. The number of hydrogen-bond acceptors (Lipinski definition) is 3. The first kappa shape index (κ1) is 11.9. The fraction of sp³-hybridized carbons (Fsp3) is 1.00. The molecule has 6 heteroatoms. The van der Waals surface area contributed by atoms with Gasteiger partial charge in [-0.25, -0.2) is 4.72 Å². The predicted molar refractivity (Wildman–Crippen MR) is 56.3 cm³/mol. The van der Waals surface area contributed by atoms with Crippen LogP contribution in [0.15, 0.2) is 0 Å². The van der Waals surface area contributed by atoms with Crippen LogP contribution in [0.5, 0.6) is 0 Å². The third-order valence-electron chi connectivity index (χ3n) is 2.31. The maximum Gasteiger partial charge on any atom is 0.279 e. The minimum absolute atomic E-state index is 0.454. The van der Waals surface area contributed by atoms with Gasteiger partial charge in [-0.3, -0.25) is 0 Å². The Kier molecular flexibility index (Phi) is 4.80. The van der Waals surface area contributed by atoms with E-state index < -0.39 is 10.2 Å². The van der Waals surface area contributed by atoms with Gasteiger partial charge in [0.05, 0.1) is 0 Å². The van der Waals surface area contributed by atoms with Crippen LogP contribution < -0.4 is 10.0 Å². The number of rotatable bonds is 5. The van der Waals surface area contributed by atoms with E-state index >= 15 is 0 Å². The normalized spacial score (nSPS) is 19.8. The van der Waals surface area contributed by atoms with Gasteiger partial charge in [0.25, 0.3) is 10.2 Å². The Labute approximate surface area is 86.0 Å². The molecule has 0 radical (unpaired) electrons. The van der Waals surface area contributed by atoms with E-state index in [0.717, 1.165) is 19.3 Å². The number of likely N-dealkylation sites (N-methyl/N-ethyl adjacent to an activating group) is 1. The molecule has 1 saturated heterocycles. The van der Waals surface area contributed by atoms with Gasteiger partial charge in [-0.15, -0.1) is 0 Å². The average Bonchev–Trinajstić information content (AvgIpc) is 2.19. The number of hydrogen-bond donors (Lipinski definition) is 2. The summed E-state index contributed by atoms with van der Waals surface area (Å²) in [5.41, 5.74) is 0. The summed E-state index contributed by atoms with van der Waals surface area (Å²) in [7, 11) is -1.41. The highest BCUT2D eigenvalue weighted by Crippen LogP contribution is 2.11. The van der Waals surface area contributed by atoms with Crippen LogP contribution in [0.2, 0.25) is 0 Å². The van der Waals surface area contributed by atoms with Gasteiger partial charge in [0.2, 0.25) is 0 Å². The predicted octanol–water partition coefficient (Wildman–Crippen LogP) is -0.474. The van der Waals surface area contributed by atoms with Crippen LogP contribution in [-0.4, -0.2) is 45.9 Å². The van der Waals surface area contributed by atoms with Crippen LogP contribution in [0, 0.1) is 0 Å². The van der Waals surface area contributed by atoms with Crippen LogP contribution in [0.1, 0.15) is 19.3 Å². The fourth-order valence-electron chi connectivity index (χ4n) is 1.50. The molecular formula is C8H19N3O2S. The highest BCUT2D eigenvalue weighted by molar-refractivity contribution is 7.87. The van der Waals surface area contributed by atoms with E-state index in [2.05, 4.69) is 10.0 Å². The van der Waals surface area contributed by atoms with Crippen molar-refractivity contribution in [3.05, 3.63) is 0 Å². The van der Waals surface area contributed by atoms with Crippen molar-refractivity contribution in [2.75, 3.05) is 33.2 Å². The van der Waals surface area contributed by atoms with E-state index in [1.807, 2.05) is 0 Å². The molecule has 2 N–H and O–H groups in total. The summed E-state index contributed by atoms with van der Waals surface area (Å²) in [6, 6.07) is 0. The van der Waals surface area contributed by atoms with E-state index in [0.29, 0.717) is 26.2 Å². The topological polar surface area (TPSA) is 61.4 Å². The lowest BCUT2D eigenvalue weighted by Gasteiger charge is -2.25. The molecule has 0 aromatic rings. The molecule has 0 amide bonds. The molecule has 0 atom stereocenters. The van der Waals surface area contributed by atoms with Crippen molar-refractivity contribution in [2.24, 2.45) is 0 Å². The fourth-order valence-corrected chi connectivity index (χ4v) is 2.78. The van der Waals surface area contributed by atoms with Crippen molar-refractivity contribution >= 4 is 10.2 Å². The van der Waals surface area contributed by atoms with Crippen molar-refractivity contribution in [1.82, 2.24) is 14.3 Å². The molecule has 1 aliphatic rings. The standard InChI is InChI=1S/C8H19N3O2S/c1-9-5-6-10-14(12,13)11-7-3-2-4-8-11/h9-10H,2-8H2,1H3. The molecule has 1 heterocycles. The molecule has 0 aromatic heterocycles. The Balaban J connectivity index is 2.38. The Morgan fingerprint density at radius 2 is 1.79 bits per heavy atom. The summed E-state index contributed by atoms with van der Waals surface area (Å²) in [6.45, 7) is 2.44. The Morgan fingerprint density at radius 1 is 1.14 bits per heavy atom. The minimum Gasteiger partial charge on any atom is -0.318 e. The van der Waals surface area contributed by atoms with E-state index in [-0.39, 0.29) is 0 Å². The minimum atomic E-state index is -3.21. The second kappa shape index (κ2) is 5.65. The molecule has 0 spiro atoms. The summed E-state index contributed by atoms with van der Waals surface area (Å²) >= 11 is 0. The summed E-state index contributed by atoms with van der Waals surface area (Å²) in [5, 5.41) is 2.90. The van der Waals surface area contributed by atoms with Crippen LogP contribution in [-0.2, 0) is 10.2 Å². The van der Waals surface area contributed by atoms with Gasteiger partial charge < -0.3 is 5.32 Å². The van der Waals surface area contributed by atoms with E-state index in [9.17, 15) is 8.42 Å². The molecule has 0 saturated carbocycles. The van der Waals surface area contributed by atoms with E-state index in [1.165, 1.54) is 4.31 Å². The molecule has 0 aromatic carbocycles. The molecule has 1 fully saturated rings. The molecule has 0 bridgehead atoms. The Bertz CT molecular complexity index is 247. The highest BCUT2D eigenvalue weighted by Gasteiger charge is 2.22. The lowest BCUT2D eigenvalue weighted by atomic mass is 10.2. The van der Waals surface area contributed by atoms with Gasteiger partial charge in [0.15, 0.2) is 0 Å². The van der Waals surface area contributed by atoms with Gasteiger partial charge in [0.1, 0.15) is 0 Å².